The van der Waals surface area contributed by atoms with Crippen LogP contribution in [0.5, 0.6) is 0 Å². The van der Waals surface area contributed by atoms with E-state index in [1.807, 2.05) is 54.6 Å². The summed E-state index contributed by atoms with van der Waals surface area (Å²) in [6, 6.07) is 20.3. The summed E-state index contributed by atoms with van der Waals surface area (Å²) in [5, 5.41) is 10.6. The fraction of sp³-hybridized carbons (Fsp3) is 0.481. The van der Waals surface area contributed by atoms with Crippen molar-refractivity contribution in [1.29, 1.82) is 0 Å². The summed E-state index contributed by atoms with van der Waals surface area (Å²) in [5.41, 5.74) is 2.97. The highest BCUT2D eigenvalue weighted by molar-refractivity contribution is 6.73. The van der Waals surface area contributed by atoms with E-state index in [4.69, 9.17) is 9.16 Å². The van der Waals surface area contributed by atoms with Crippen LogP contribution in [-0.4, -0.2) is 44.0 Å². The summed E-state index contributed by atoms with van der Waals surface area (Å²) in [6.45, 7) is 9.69. The van der Waals surface area contributed by atoms with E-state index < -0.39 is 32.4 Å². The number of aliphatic hydroxyl groups is 1. The molecule has 33 heavy (non-hydrogen) atoms. The molecule has 0 heterocycles. The van der Waals surface area contributed by atoms with E-state index in [-0.39, 0.29) is 18.8 Å². The van der Waals surface area contributed by atoms with E-state index in [1.165, 1.54) is 0 Å². The SMILES string of the molecule is CCOC(=O)[C@@H](C(=O)Cc1ccc(-c2ccccc2)cc1)C(O[Si](CC)(CC)CC)C(C)O. The van der Waals surface area contributed by atoms with Crippen LogP contribution in [0.4, 0.5) is 0 Å². The fourth-order valence-electron chi connectivity index (χ4n) is 4.17. The summed E-state index contributed by atoms with van der Waals surface area (Å²) < 4.78 is 11.7. The van der Waals surface area contributed by atoms with E-state index >= 15 is 0 Å². The number of ketones is 1. The van der Waals surface area contributed by atoms with Gasteiger partial charge in [0.25, 0.3) is 0 Å². The lowest BCUT2D eigenvalue weighted by Gasteiger charge is -2.37. The van der Waals surface area contributed by atoms with Crippen molar-refractivity contribution >= 4 is 20.1 Å². The van der Waals surface area contributed by atoms with E-state index in [9.17, 15) is 14.7 Å². The molecule has 0 fully saturated rings. The van der Waals surface area contributed by atoms with Crippen LogP contribution >= 0.6 is 0 Å². The van der Waals surface area contributed by atoms with Crippen LogP contribution in [0.15, 0.2) is 54.6 Å². The third kappa shape index (κ3) is 7.10. The number of carbonyl (C=O) groups excluding carboxylic acids is 2. The Morgan fingerprint density at radius 2 is 1.42 bits per heavy atom. The average Bonchev–Trinajstić information content (AvgIpc) is 2.83. The molecule has 180 valence electrons. The molecule has 2 rings (SSSR count). The van der Waals surface area contributed by atoms with Gasteiger partial charge in [-0.2, -0.15) is 0 Å². The molecule has 6 heteroatoms. The van der Waals surface area contributed by atoms with Gasteiger partial charge in [0.15, 0.2) is 14.1 Å². The zero-order valence-electron chi connectivity index (χ0n) is 20.5. The molecule has 0 aromatic heterocycles. The summed E-state index contributed by atoms with van der Waals surface area (Å²) in [4.78, 5) is 26.3. The lowest BCUT2D eigenvalue weighted by Crippen LogP contribution is -2.51. The Morgan fingerprint density at radius 1 is 0.879 bits per heavy atom. The summed E-state index contributed by atoms with van der Waals surface area (Å²) in [6.07, 6.45) is -1.81. The van der Waals surface area contributed by atoms with Gasteiger partial charge in [-0.3, -0.25) is 9.59 Å². The van der Waals surface area contributed by atoms with Gasteiger partial charge in [-0.1, -0.05) is 75.4 Å². The van der Waals surface area contributed by atoms with Gasteiger partial charge in [-0.05, 0) is 48.7 Å². The standard InChI is InChI=1S/C27H38O5Si/c1-6-31-27(30)25(26(20(5)28)32-33(7-2,8-3)9-4)24(29)19-21-15-17-23(18-16-21)22-13-11-10-12-14-22/h10-18,20,25-26,28H,6-9,19H2,1-5H3/t20?,25-,26?/m0/s1. The van der Waals surface area contributed by atoms with Gasteiger partial charge in [0.1, 0.15) is 5.92 Å². The Morgan fingerprint density at radius 3 is 1.91 bits per heavy atom. The number of hydrogen-bond acceptors (Lipinski definition) is 5. The third-order valence-electron chi connectivity index (χ3n) is 6.45. The number of hydrogen-bond donors (Lipinski definition) is 1. The first kappa shape index (κ1) is 27.0. The quantitative estimate of drug-likeness (QED) is 0.241. The molecule has 0 bridgehead atoms. The molecule has 0 amide bonds. The lowest BCUT2D eigenvalue weighted by molar-refractivity contribution is -0.158. The summed E-state index contributed by atoms with van der Waals surface area (Å²) >= 11 is 0. The molecule has 0 saturated heterocycles. The molecule has 0 aliphatic carbocycles. The van der Waals surface area contributed by atoms with Crippen molar-refractivity contribution in [3.05, 3.63) is 60.2 Å². The monoisotopic (exact) mass is 470 g/mol. The van der Waals surface area contributed by atoms with E-state index in [0.717, 1.165) is 34.8 Å². The number of aliphatic hydroxyl groups excluding tert-OH is 1. The molecule has 0 spiro atoms. The van der Waals surface area contributed by atoms with E-state index in [2.05, 4.69) is 20.8 Å². The number of rotatable bonds is 13. The first-order chi connectivity index (χ1) is 15.8. The minimum atomic E-state index is -2.18. The molecule has 2 aromatic carbocycles. The molecular formula is C27H38O5Si. The zero-order valence-corrected chi connectivity index (χ0v) is 21.5. The molecule has 2 aromatic rings. The van der Waals surface area contributed by atoms with Crippen LogP contribution in [0.1, 0.15) is 40.2 Å². The number of carbonyl (C=O) groups is 2. The Bertz CT molecular complexity index is 867. The molecule has 0 aliphatic heterocycles. The minimum absolute atomic E-state index is 0.0735. The highest BCUT2D eigenvalue weighted by Gasteiger charge is 2.43. The predicted octanol–water partition coefficient (Wildman–Crippen LogP) is 5.42. The van der Waals surface area contributed by atoms with Gasteiger partial charge in [0, 0.05) is 6.42 Å². The van der Waals surface area contributed by atoms with Crippen LogP contribution in [0.25, 0.3) is 11.1 Å². The largest absolute Gasteiger partial charge is 0.465 e. The first-order valence-corrected chi connectivity index (χ1v) is 14.5. The predicted molar refractivity (Wildman–Crippen MR) is 134 cm³/mol. The Kier molecular flexibility index (Phi) is 10.5. The van der Waals surface area contributed by atoms with Gasteiger partial charge in [-0.15, -0.1) is 0 Å². The molecule has 2 unspecified atom stereocenters. The Hall–Kier alpha value is -2.28. The van der Waals surface area contributed by atoms with Crippen molar-refractivity contribution in [3.8, 4) is 11.1 Å². The van der Waals surface area contributed by atoms with Crippen LogP contribution < -0.4 is 0 Å². The number of Topliss-reactive ketones (excluding diaryl/α,β-unsaturated/α-hetero) is 1. The molecular weight excluding hydrogens is 432 g/mol. The van der Waals surface area contributed by atoms with E-state index in [1.54, 1.807) is 13.8 Å². The van der Waals surface area contributed by atoms with Gasteiger partial charge in [0.2, 0.25) is 0 Å². The molecule has 3 atom stereocenters. The normalized spacial score (nSPS) is 14.4. The number of esters is 1. The van der Waals surface area contributed by atoms with Crippen LogP contribution in [-0.2, 0) is 25.2 Å². The van der Waals surface area contributed by atoms with Crippen LogP contribution in [0.2, 0.25) is 18.1 Å². The van der Waals surface area contributed by atoms with Crippen LogP contribution in [0, 0.1) is 5.92 Å². The lowest BCUT2D eigenvalue weighted by atomic mass is 9.90. The molecule has 0 radical (unpaired) electrons. The molecule has 1 N–H and O–H groups in total. The van der Waals surface area contributed by atoms with E-state index in [0.29, 0.717) is 0 Å². The molecule has 5 nitrogen and oxygen atoms in total. The number of benzene rings is 2. The Labute approximate surface area is 199 Å². The topological polar surface area (TPSA) is 72.8 Å². The van der Waals surface area contributed by atoms with Crippen molar-refractivity contribution in [3.63, 3.8) is 0 Å². The van der Waals surface area contributed by atoms with Crippen molar-refractivity contribution in [2.45, 2.75) is 71.4 Å². The second-order valence-corrected chi connectivity index (χ2v) is 13.2. The van der Waals surface area contributed by atoms with Crippen molar-refractivity contribution in [1.82, 2.24) is 0 Å². The first-order valence-electron chi connectivity index (χ1n) is 12.0. The maximum Gasteiger partial charge on any atom is 0.319 e. The van der Waals surface area contributed by atoms with Crippen molar-refractivity contribution < 1.29 is 23.9 Å². The van der Waals surface area contributed by atoms with Crippen molar-refractivity contribution in [2.24, 2.45) is 5.92 Å². The van der Waals surface area contributed by atoms with Gasteiger partial charge >= 0.3 is 5.97 Å². The summed E-state index contributed by atoms with van der Waals surface area (Å²) in [5.74, 6) is -2.08. The van der Waals surface area contributed by atoms with Gasteiger partial charge < -0.3 is 14.3 Å². The maximum atomic E-state index is 13.4. The zero-order chi connectivity index (χ0) is 24.4. The second-order valence-electron chi connectivity index (χ2n) is 8.50. The Balaban J connectivity index is 2.29. The maximum absolute atomic E-state index is 13.4. The second kappa shape index (κ2) is 12.8. The molecule has 0 aliphatic rings. The van der Waals surface area contributed by atoms with Gasteiger partial charge in [-0.25, -0.2) is 0 Å². The fourth-order valence-corrected chi connectivity index (χ4v) is 7.08. The smallest absolute Gasteiger partial charge is 0.319 e. The van der Waals surface area contributed by atoms with Crippen molar-refractivity contribution in [2.75, 3.05) is 6.61 Å². The summed E-state index contributed by atoms with van der Waals surface area (Å²) in [7, 11) is -2.18. The third-order valence-corrected chi connectivity index (χ3v) is 11.1. The average molecular weight is 471 g/mol. The number of ether oxygens (including phenoxy) is 1. The van der Waals surface area contributed by atoms with Crippen LogP contribution in [0.3, 0.4) is 0 Å². The highest BCUT2D eigenvalue weighted by atomic mass is 28.4. The van der Waals surface area contributed by atoms with Gasteiger partial charge in [0.05, 0.1) is 18.8 Å². The molecule has 0 saturated carbocycles. The minimum Gasteiger partial charge on any atom is -0.465 e. The highest BCUT2D eigenvalue weighted by Crippen LogP contribution is 2.29.